The number of benzene rings is 3. The number of rotatable bonds is 11. The largest absolute Gasteiger partial charge is 0.691 e. The Labute approximate surface area is 193 Å². The van der Waals surface area contributed by atoms with Gasteiger partial charge in [0.2, 0.25) is 11.0 Å². The smallest absolute Gasteiger partial charge is 0.366 e. The van der Waals surface area contributed by atoms with E-state index >= 15 is 0 Å². The summed E-state index contributed by atoms with van der Waals surface area (Å²) in [5.41, 5.74) is 1.31. The number of fused-ring (bicyclic) bond motifs is 2. The van der Waals surface area contributed by atoms with E-state index in [4.69, 9.17) is 9.47 Å². The van der Waals surface area contributed by atoms with Crippen LogP contribution in [0.25, 0.3) is 21.8 Å². The Bertz CT molecular complexity index is 1230. The number of hydrogen-bond acceptors (Lipinski definition) is 5. The van der Waals surface area contributed by atoms with Gasteiger partial charge in [-0.2, -0.15) is 0 Å². The van der Waals surface area contributed by atoms with Crippen LogP contribution in [0, 0.1) is 5.21 Å². The molecular weight excluding hydrogens is 418 g/mol. The van der Waals surface area contributed by atoms with Crippen LogP contribution in [-0.2, 0) is 4.74 Å². The maximum atomic E-state index is 13.0. The van der Waals surface area contributed by atoms with Gasteiger partial charge in [-0.25, -0.2) is 4.79 Å². The molecule has 0 fully saturated rings. The molecule has 7 nitrogen and oxygen atoms in total. The zero-order valence-electron chi connectivity index (χ0n) is 18.9. The Morgan fingerprint density at radius 3 is 2.42 bits per heavy atom. The predicted octanol–water partition coefficient (Wildman–Crippen LogP) is 4.88. The molecule has 1 aromatic heterocycles. The van der Waals surface area contributed by atoms with E-state index in [2.05, 4.69) is 5.21 Å². The van der Waals surface area contributed by atoms with E-state index in [0.717, 1.165) is 47.1 Å². The van der Waals surface area contributed by atoms with Gasteiger partial charge < -0.3 is 14.7 Å². The minimum absolute atomic E-state index is 0.342. The van der Waals surface area contributed by atoms with Crippen LogP contribution >= 0.6 is 0 Å². The number of para-hydroxylation sites is 2. The molecule has 0 spiro atoms. The second-order valence-corrected chi connectivity index (χ2v) is 8.15. The zero-order chi connectivity index (χ0) is 23.0. The topological polar surface area (TPSA) is 80.3 Å². The zero-order valence-corrected chi connectivity index (χ0v) is 18.9. The van der Waals surface area contributed by atoms with Crippen molar-refractivity contribution in [1.82, 2.24) is 9.90 Å². The molecule has 0 aliphatic heterocycles. The summed E-state index contributed by atoms with van der Waals surface area (Å²) in [6.07, 6.45) is 7.01. The minimum Gasteiger partial charge on any atom is -0.691 e. The molecule has 0 N–H and O–H groups in total. The SMILES string of the molecule is COCCCCCCCCOc1ccc2cc(C(=O)n3n[n+]([O-])c4ccccc43)ccc2c1. The molecule has 172 valence electrons. The van der Waals surface area contributed by atoms with Gasteiger partial charge in [-0.05, 0) is 60.0 Å². The van der Waals surface area contributed by atoms with Gasteiger partial charge in [0.1, 0.15) is 11.0 Å². The monoisotopic (exact) mass is 447 g/mol. The van der Waals surface area contributed by atoms with Crippen molar-refractivity contribution in [2.45, 2.75) is 38.5 Å². The number of methoxy groups -OCH3 is 1. The Balaban J connectivity index is 1.35. The molecule has 0 aliphatic carbocycles. The van der Waals surface area contributed by atoms with Crippen molar-refractivity contribution < 1.29 is 19.1 Å². The lowest BCUT2D eigenvalue weighted by Gasteiger charge is -2.08. The van der Waals surface area contributed by atoms with Gasteiger partial charge in [0.15, 0.2) is 0 Å². The normalized spacial score (nSPS) is 11.3. The van der Waals surface area contributed by atoms with Crippen LogP contribution in [0.4, 0.5) is 0 Å². The maximum Gasteiger partial charge on any atom is 0.366 e. The Morgan fingerprint density at radius 1 is 0.909 bits per heavy atom. The van der Waals surface area contributed by atoms with Gasteiger partial charge in [-0.3, -0.25) is 0 Å². The van der Waals surface area contributed by atoms with Crippen molar-refractivity contribution in [3.05, 3.63) is 71.4 Å². The first-order valence-electron chi connectivity index (χ1n) is 11.5. The van der Waals surface area contributed by atoms with Crippen molar-refractivity contribution in [3.63, 3.8) is 0 Å². The first-order valence-corrected chi connectivity index (χ1v) is 11.5. The summed E-state index contributed by atoms with van der Waals surface area (Å²) in [6, 6.07) is 18.2. The third kappa shape index (κ3) is 5.49. The molecule has 0 unspecified atom stereocenters. The molecule has 0 radical (unpaired) electrons. The molecule has 33 heavy (non-hydrogen) atoms. The van der Waals surface area contributed by atoms with Gasteiger partial charge in [-0.15, -0.1) is 4.85 Å². The molecule has 0 bridgehead atoms. The summed E-state index contributed by atoms with van der Waals surface area (Å²) in [4.78, 5) is 13.5. The fourth-order valence-electron chi connectivity index (χ4n) is 3.95. The summed E-state index contributed by atoms with van der Waals surface area (Å²) in [5.74, 6) is 0.484. The van der Waals surface area contributed by atoms with Crippen molar-refractivity contribution in [3.8, 4) is 5.75 Å². The van der Waals surface area contributed by atoms with E-state index in [1.54, 1.807) is 37.4 Å². The number of aromatic nitrogens is 3. The number of hydrogen-bond donors (Lipinski definition) is 0. The van der Waals surface area contributed by atoms with Crippen molar-refractivity contribution in [2.75, 3.05) is 20.3 Å². The number of unbranched alkanes of at least 4 members (excludes halogenated alkanes) is 5. The van der Waals surface area contributed by atoms with Crippen LogP contribution in [0.5, 0.6) is 5.75 Å². The molecule has 7 heteroatoms. The van der Waals surface area contributed by atoms with Crippen LogP contribution in [0.3, 0.4) is 0 Å². The molecule has 0 saturated heterocycles. The second-order valence-electron chi connectivity index (χ2n) is 8.15. The van der Waals surface area contributed by atoms with E-state index < -0.39 is 0 Å². The summed E-state index contributed by atoms with van der Waals surface area (Å²) in [6.45, 7) is 1.54. The molecule has 0 atom stereocenters. The lowest BCUT2D eigenvalue weighted by Crippen LogP contribution is -2.31. The van der Waals surface area contributed by atoms with Gasteiger partial charge in [0.25, 0.3) is 0 Å². The highest BCUT2D eigenvalue weighted by Crippen LogP contribution is 2.23. The summed E-state index contributed by atoms with van der Waals surface area (Å²) >= 11 is 0. The Kier molecular flexibility index (Phi) is 7.52. The standard InChI is InChI=1S/C26H29N3O4/c1-32-16-8-4-2-3-5-9-17-33-23-15-14-20-18-22(13-12-21(20)19-23)26(30)28-24-10-6-7-11-25(24)29(31)27-28/h6-7,10-15,18-19H,2-5,8-9,16-17H2,1H3. The van der Waals surface area contributed by atoms with Crippen LogP contribution < -0.4 is 9.58 Å². The second kappa shape index (κ2) is 10.9. The molecular formula is C26H29N3O4. The average molecular weight is 448 g/mol. The van der Waals surface area contributed by atoms with Gasteiger partial charge in [-0.1, -0.05) is 54.6 Å². The quantitative estimate of drug-likeness (QED) is 0.186. The summed E-state index contributed by atoms with van der Waals surface area (Å²) in [5, 5.41) is 17.8. The van der Waals surface area contributed by atoms with Gasteiger partial charge >= 0.3 is 5.91 Å². The van der Waals surface area contributed by atoms with E-state index in [1.807, 2.05) is 30.3 Å². The highest BCUT2D eigenvalue weighted by atomic mass is 16.5. The fraction of sp³-hybridized carbons (Fsp3) is 0.346. The molecule has 0 aliphatic rings. The van der Waals surface area contributed by atoms with Crippen LogP contribution in [0.15, 0.2) is 60.7 Å². The van der Waals surface area contributed by atoms with Gasteiger partial charge in [0, 0.05) is 13.7 Å². The third-order valence-electron chi connectivity index (χ3n) is 5.75. The molecule has 4 aromatic rings. The lowest BCUT2D eigenvalue weighted by atomic mass is 10.1. The van der Waals surface area contributed by atoms with E-state index in [0.29, 0.717) is 28.0 Å². The molecule has 0 saturated carbocycles. The molecule has 1 heterocycles. The van der Waals surface area contributed by atoms with Crippen molar-refractivity contribution >= 4 is 27.7 Å². The fourth-order valence-corrected chi connectivity index (χ4v) is 3.95. The van der Waals surface area contributed by atoms with Gasteiger partial charge in [0.05, 0.1) is 12.2 Å². The summed E-state index contributed by atoms with van der Waals surface area (Å²) in [7, 11) is 1.75. The highest BCUT2D eigenvalue weighted by Gasteiger charge is 2.22. The number of carbonyl (C=O) groups is 1. The molecule has 4 rings (SSSR count). The van der Waals surface area contributed by atoms with Crippen LogP contribution in [0.1, 0.15) is 48.9 Å². The number of ether oxygens (including phenoxy) is 2. The summed E-state index contributed by atoms with van der Waals surface area (Å²) < 4.78 is 12.1. The number of nitrogens with zero attached hydrogens (tertiary/aromatic N) is 3. The predicted molar refractivity (Wildman–Crippen MR) is 127 cm³/mol. The first kappa shape index (κ1) is 22.7. The Hall–Kier alpha value is -3.45. The maximum absolute atomic E-state index is 13.0. The third-order valence-corrected chi connectivity index (χ3v) is 5.75. The molecule has 3 aromatic carbocycles. The Morgan fingerprint density at radius 2 is 1.61 bits per heavy atom. The average Bonchev–Trinajstić information content (AvgIpc) is 3.18. The van der Waals surface area contributed by atoms with Crippen LogP contribution in [-0.4, -0.2) is 36.1 Å². The number of carbonyl (C=O) groups excluding carboxylic acids is 1. The van der Waals surface area contributed by atoms with Crippen molar-refractivity contribution in [2.24, 2.45) is 0 Å². The molecule has 0 amide bonds. The minimum atomic E-state index is -0.342. The van der Waals surface area contributed by atoms with E-state index in [1.165, 1.54) is 19.3 Å². The van der Waals surface area contributed by atoms with E-state index in [9.17, 15) is 10.0 Å². The van der Waals surface area contributed by atoms with Crippen LogP contribution in [0.2, 0.25) is 0 Å². The lowest BCUT2D eigenvalue weighted by molar-refractivity contribution is -0.645. The van der Waals surface area contributed by atoms with E-state index in [-0.39, 0.29) is 5.91 Å². The first-order chi connectivity index (χ1) is 16.2. The van der Waals surface area contributed by atoms with Crippen molar-refractivity contribution in [1.29, 1.82) is 0 Å². The highest BCUT2D eigenvalue weighted by molar-refractivity contribution is 6.02.